The molecule has 0 atom stereocenters. The number of amides is 1. The van der Waals surface area contributed by atoms with Crippen LogP contribution in [0.25, 0.3) is 5.65 Å². The minimum Gasteiger partial charge on any atom is -0.465 e. The third-order valence-corrected chi connectivity index (χ3v) is 6.26. The van der Waals surface area contributed by atoms with E-state index in [1.165, 1.54) is 10.7 Å². The van der Waals surface area contributed by atoms with Crippen LogP contribution in [0.15, 0.2) is 30.5 Å². The maximum atomic E-state index is 12.1. The Morgan fingerprint density at radius 2 is 2.11 bits per heavy atom. The molecule has 1 saturated carbocycles. The van der Waals surface area contributed by atoms with E-state index in [1.54, 1.807) is 30.1 Å². The Morgan fingerprint density at radius 1 is 1.34 bits per heavy atom. The van der Waals surface area contributed by atoms with Gasteiger partial charge in [-0.3, -0.25) is 0 Å². The minimum absolute atomic E-state index is 0.185. The fourth-order valence-corrected chi connectivity index (χ4v) is 4.49. The lowest BCUT2D eigenvalue weighted by Crippen LogP contribution is -2.32. The molecule has 0 aliphatic heterocycles. The summed E-state index contributed by atoms with van der Waals surface area (Å²) in [5, 5.41) is 31.6. The molecule has 0 radical (unpaired) electrons. The summed E-state index contributed by atoms with van der Waals surface area (Å²) in [6, 6.07) is 9.57. The van der Waals surface area contributed by atoms with Crippen LogP contribution in [0.5, 0.6) is 0 Å². The first-order chi connectivity index (χ1) is 16.6. The van der Waals surface area contributed by atoms with Crippen LogP contribution in [0.1, 0.15) is 24.1 Å². The van der Waals surface area contributed by atoms with Gasteiger partial charge in [-0.15, -0.1) is 5.10 Å². The minimum atomic E-state index is -3.34. The van der Waals surface area contributed by atoms with Gasteiger partial charge in [0.2, 0.25) is 0 Å². The molecule has 1 aromatic carbocycles. The van der Waals surface area contributed by atoms with Crippen molar-refractivity contribution in [2.75, 3.05) is 41.9 Å². The van der Waals surface area contributed by atoms with E-state index in [0.29, 0.717) is 46.7 Å². The molecule has 0 saturated heterocycles. The molecule has 35 heavy (non-hydrogen) atoms. The molecule has 0 unspecified atom stereocenters. The summed E-state index contributed by atoms with van der Waals surface area (Å²) in [5.41, 5.74) is 3.47. The number of carboxylic acid groups (broad SMARTS) is 1. The topological polar surface area (TPSA) is 165 Å². The number of likely N-dealkylation sites (N-methyl/N-ethyl adjacent to an activating group) is 1. The van der Waals surface area contributed by atoms with Crippen molar-refractivity contribution in [2.45, 2.75) is 24.6 Å². The normalized spacial score (nSPS) is 13.3. The number of nitrogens with one attached hydrogen (secondary N) is 3. The van der Waals surface area contributed by atoms with Crippen LogP contribution in [0, 0.1) is 11.3 Å². The first kappa shape index (κ1) is 24.1. The molecule has 2 aromatic heterocycles. The average Bonchev–Trinajstić information content (AvgIpc) is 3.48. The average molecular weight is 499 g/mol. The first-order valence-electron chi connectivity index (χ1n) is 10.9. The Hall–Kier alpha value is -4.05. The molecule has 12 nitrogen and oxygen atoms in total. The third-order valence-electron chi connectivity index (χ3n) is 5.42. The predicted molar refractivity (Wildman–Crippen MR) is 132 cm³/mol. The van der Waals surface area contributed by atoms with Gasteiger partial charge in [0.1, 0.15) is 6.07 Å². The van der Waals surface area contributed by atoms with E-state index in [9.17, 15) is 18.5 Å². The number of imidazole rings is 1. The SMILES string of the molecule is CN(CCNC(=O)O)c1ccc(Nc2cc(NC3CC3)c3ncc(C#N)n3n2)cc1CS(C)(=O)=O. The molecule has 1 fully saturated rings. The second-order valence-electron chi connectivity index (χ2n) is 8.54. The molecule has 4 rings (SSSR count). The molecule has 13 heteroatoms. The lowest BCUT2D eigenvalue weighted by atomic mass is 10.1. The maximum absolute atomic E-state index is 12.1. The summed E-state index contributed by atoms with van der Waals surface area (Å²) in [7, 11) is -1.57. The predicted octanol–water partition coefficient (Wildman–Crippen LogP) is 2.17. The molecule has 2 heterocycles. The van der Waals surface area contributed by atoms with Crippen LogP contribution in [0.2, 0.25) is 0 Å². The summed E-state index contributed by atoms with van der Waals surface area (Å²) in [6.07, 6.45) is 3.64. The summed E-state index contributed by atoms with van der Waals surface area (Å²) >= 11 is 0. The molecule has 0 spiro atoms. The van der Waals surface area contributed by atoms with E-state index < -0.39 is 15.9 Å². The van der Waals surface area contributed by atoms with Crippen LogP contribution in [-0.4, -0.2) is 66.7 Å². The Kier molecular flexibility index (Phi) is 6.65. The number of fused-ring (bicyclic) bond motifs is 1. The second-order valence-corrected chi connectivity index (χ2v) is 10.7. The van der Waals surface area contributed by atoms with Crippen molar-refractivity contribution in [3.05, 3.63) is 41.7 Å². The number of hydrogen-bond donors (Lipinski definition) is 4. The smallest absolute Gasteiger partial charge is 0.404 e. The number of anilines is 4. The molecule has 3 aromatic rings. The van der Waals surface area contributed by atoms with Gasteiger partial charge < -0.3 is 26.0 Å². The van der Waals surface area contributed by atoms with Crippen molar-refractivity contribution in [3.8, 4) is 6.07 Å². The largest absolute Gasteiger partial charge is 0.465 e. The highest BCUT2D eigenvalue weighted by Crippen LogP contribution is 2.31. The Labute approximate surface area is 202 Å². The zero-order valence-electron chi connectivity index (χ0n) is 19.3. The van der Waals surface area contributed by atoms with Crippen molar-refractivity contribution in [1.82, 2.24) is 19.9 Å². The molecular weight excluding hydrogens is 472 g/mol. The van der Waals surface area contributed by atoms with Gasteiger partial charge in [0.05, 0.1) is 17.6 Å². The maximum Gasteiger partial charge on any atom is 0.404 e. The number of nitriles is 1. The standard InChI is InChI=1S/C22H26N8O4S/c1-29(8-7-24-22(31)32)19-6-5-16(9-14(19)13-35(2,33)34)27-20-10-18(26-15-3-4-15)21-25-12-17(11-23)30(21)28-20/h5-6,9-10,12,15,24,26H,3-4,7-8,13H2,1-2H3,(H,27,28)(H,31,32). The number of rotatable bonds is 10. The molecular formula is C22H26N8O4S. The quantitative estimate of drug-likeness (QED) is 0.325. The summed E-state index contributed by atoms with van der Waals surface area (Å²) < 4.78 is 25.7. The zero-order chi connectivity index (χ0) is 25.2. The van der Waals surface area contributed by atoms with Crippen LogP contribution in [0.4, 0.5) is 27.7 Å². The van der Waals surface area contributed by atoms with Gasteiger partial charge >= 0.3 is 6.09 Å². The Bertz CT molecular complexity index is 1410. The van der Waals surface area contributed by atoms with E-state index in [0.717, 1.165) is 24.8 Å². The second kappa shape index (κ2) is 9.67. The van der Waals surface area contributed by atoms with Crippen LogP contribution >= 0.6 is 0 Å². The van der Waals surface area contributed by atoms with Crippen molar-refractivity contribution >= 4 is 44.5 Å². The lowest BCUT2D eigenvalue weighted by molar-refractivity contribution is 0.195. The summed E-state index contributed by atoms with van der Waals surface area (Å²) in [6.45, 7) is 0.554. The summed E-state index contributed by atoms with van der Waals surface area (Å²) in [5.74, 6) is 0.280. The van der Waals surface area contributed by atoms with E-state index in [1.807, 2.05) is 6.07 Å². The van der Waals surface area contributed by atoms with Gasteiger partial charge in [-0.05, 0) is 36.6 Å². The van der Waals surface area contributed by atoms with Crippen LogP contribution in [0.3, 0.4) is 0 Å². The van der Waals surface area contributed by atoms with Crippen LogP contribution in [-0.2, 0) is 15.6 Å². The highest BCUT2D eigenvalue weighted by molar-refractivity contribution is 7.89. The zero-order valence-corrected chi connectivity index (χ0v) is 20.1. The number of sulfone groups is 1. The molecule has 1 aliphatic carbocycles. The van der Waals surface area contributed by atoms with Gasteiger partial charge in [-0.1, -0.05) is 0 Å². The van der Waals surface area contributed by atoms with Gasteiger partial charge in [0.25, 0.3) is 0 Å². The van der Waals surface area contributed by atoms with E-state index in [2.05, 4.69) is 32.1 Å². The molecule has 4 N–H and O–H groups in total. The lowest BCUT2D eigenvalue weighted by Gasteiger charge is -2.23. The highest BCUT2D eigenvalue weighted by Gasteiger charge is 2.23. The number of aromatic nitrogens is 3. The Morgan fingerprint density at radius 3 is 2.77 bits per heavy atom. The van der Waals surface area contributed by atoms with E-state index in [-0.39, 0.29) is 12.3 Å². The van der Waals surface area contributed by atoms with Gasteiger partial charge in [0.15, 0.2) is 27.0 Å². The fraction of sp³-hybridized carbons (Fsp3) is 0.364. The first-order valence-corrected chi connectivity index (χ1v) is 13.0. The van der Waals surface area contributed by atoms with Crippen molar-refractivity contribution < 1.29 is 18.3 Å². The number of carbonyl (C=O) groups is 1. The molecule has 1 amide bonds. The van der Waals surface area contributed by atoms with E-state index >= 15 is 0 Å². The number of nitrogens with zero attached hydrogens (tertiary/aromatic N) is 5. The summed E-state index contributed by atoms with van der Waals surface area (Å²) in [4.78, 5) is 16.8. The number of benzene rings is 1. The monoisotopic (exact) mass is 498 g/mol. The van der Waals surface area contributed by atoms with Gasteiger partial charge in [-0.2, -0.15) is 9.78 Å². The molecule has 1 aliphatic rings. The van der Waals surface area contributed by atoms with Gasteiger partial charge in [0, 0.05) is 49.9 Å². The van der Waals surface area contributed by atoms with Crippen molar-refractivity contribution in [3.63, 3.8) is 0 Å². The molecule has 0 bridgehead atoms. The molecule has 184 valence electrons. The van der Waals surface area contributed by atoms with Crippen molar-refractivity contribution in [2.24, 2.45) is 0 Å². The highest BCUT2D eigenvalue weighted by atomic mass is 32.2. The Balaban J connectivity index is 1.65. The van der Waals surface area contributed by atoms with Crippen molar-refractivity contribution in [1.29, 1.82) is 5.26 Å². The van der Waals surface area contributed by atoms with E-state index in [4.69, 9.17) is 5.11 Å². The van der Waals surface area contributed by atoms with Crippen LogP contribution < -0.4 is 20.9 Å². The number of hydrogen-bond acceptors (Lipinski definition) is 9. The fourth-order valence-electron chi connectivity index (χ4n) is 3.69. The third kappa shape index (κ3) is 6.10. The van der Waals surface area contributed by atoms with Gasteiger partial charge in [-0.25, -0.2) is 18.2 Å².